The molecule has 8 aromatic carbocycles. The number of rotatable bonds is 5. The van der Waals surface area contributed by atoms with Crippen LogP contribution in [0.4, 0.5) is 17.1 Å². The van der Waals surface area contributed by atoms with Crippen molar-refractivity contribution in [1.82, 2.24) is 0 Å². The standard InChI is InChI=1S/C51H37NO/c1-51(2)44-23-12-11-19-40(44)41-32-31-38(33-45(41)51)52(37-29-27-35(28-30-37)34-15-5-3-6-16-34)46-24-14-26-48-50(46)43-21-10-9-20-42(43)49-39(22-13-25-47(49)53-48)36-17-7-4-8-18-36/h3-33H,1-2H3. The molecule has 2 heteroatoms. The Morgan fingerprint density at radius 2 is 0.906 bits per heavy atom. The van der Waals surface area contributed by atoms with Gasteiger partial charge in [0, 0.05) is 27.9 Å². The summed E-state index contributed by atoms with van der Waals surface area (Å²) in [5, 5.41) is 0. The molecule has 1 heterocycles. The van der Waals surface area contributed by atoms with Gasteiger partial charge in [-0.05, 0) is 98.1 Å². The minimum Gasteiger partial charge on any atom is -0.456 e. The summed E-state index contributed by atoms with van der Waals surface area (Å²) < 4.78 is 7.01. The van der Waals surface area contributed by atoms with Crippen molar-refractivity contribution in [2.45, 2.75) is 19.3 Å². The fourth-order valence-electron chi connectivity index (χ4n) is 8.54. The Morgan fingerprint density at radius 3 is 1.64 bits per heavy atom. The van der Waals surface area contributed by atoms with Crippen molar-refractivity contribution >= 4 is 17.1 Å². The lowest BCUT2D eigenvalue weighted by molar-refractivity contribution is 0.488. The maximum Gasteiger partial charge on any atom is 0.137 e. The first-order valence-electron chi connectivity index (χ1n) is 18.4. The van der Waals surface area contributed by atoms with Crippen molar-refractivity contribution in [2.24, 2.45) is 0 Å². The van der Waals surface area contributed by atoms with Crippen LogP contribution in [-0.4, -0.2) is 0 Å². The predicted octanol–water partition coefficient (Wildman–Crippen LogP) is 14.2. The van der Waals surface area contributed by atoms with E-state index in [1.54, 1.807) is 0 Å². The van der Waals surface area contributed by atoms with E-state index in [0.29, 0.717) is 0 Å². The van der Waals surface area contributed by atoms with E-state index in [1.165, 1.54) is 33.4 Å². The van der Waals surface area contributed by atoms with Crippen LogP contribution in [0.1, 0.15) is 25.0 Å². The van der Waals surface area contributed by atoms with Crippen LogP contribution in [0, 0.1) is 0 Å². The summed E-state index contributed by atoms with van der Waals surface area (Å²) in [5.74, 6) is 1.68. The van der Waals surface area contributed by atoms with Crippen LogP contribution in [0.25, 0.3) is 55.6 Å². The first kappa shape index (κ1) is 31.1. The molecule has 0 bridgehead atoms. The fraction of sp³-hybridized carbons (Fsp3) is 0.0588. The van der Waals surface area contributed by atoms with Gasteiger partial charge in [0.15, 0.2) is 0 Å². The van der Waals surface area contributed by atoms with Gasteiger partial charge >= 0.3 is 0 Å². The molecular formula is C51H37NO. The molecule has 0 saturated heterocycles. The number of benzene rings is 8. The van der Waals surface area contributed by atoms with Crippen LogP contribution in [0.5, 0.6) is 11.5 Å². The summed E-state index contributed by atoms with van der Waals surface area (Å²) in [6, 6.07) is 67.7. The Morgan fingerprint density at radius 1 is 0.377 bits per heavy atom. The Kier molecular flexibility index (Phi) is 7.19. The van der Waals surface area contributed by atoms with Crippen molar-refractivity contribution in [3.63, 3.8) is 0 Å². The highest BCUT2D eigenvalue weighted by Gasteiger charge is 2.36. The number of ether oxygens (including phenoxy) is 1. The average Bonchev–Trinajstić information content (AvgIpc) is 3.33. The number of anilines is 3. The summed E-state index contributed by atoms with van der Waals surface area (Å²) in [4.78, 5) is 2.42. The molecule has 0 spiro atoms. The molecule has 2 nitrogen and oxygen atoms in total. The zero-order valence-corrected chi connectivity index (χ0v) is 29.8. The quantitative estimate of drug-likeness (QED) is 0.180. The summed E-state index contributed by atoms with van der Waals surface area (Å²) in [5.41, 5.74) is 17.6. The zero-order chi connectivity index (χ0) is 35.5. The average molecular weight is 680 g/mol. The first-order valence-corrected chi connectivity index (χ1v) is 18.4. The van der Waals surface area contributed by atoms with Crippen molar-refractivity contribution in [3.8, 4) is 67.1 Å². The summed E-state index contributed by atoms with van der Waals surface area (Å²) in [6.45, 7) is 4.70. The SMILES string of the molecule is CC1(C)c2ccccc2-c2ccc(N(c3ccc(-c4ccccc4)cc3)c3cccc4c3-c3ccccc3-c3c(cccc3-c3ccccc3)O4)cc21. The highest BCUT2D eigenvalue weighted by molar-refractivity contribution is 6.02. The molecule has 8 aromatic rings. The van der Waals surface area contributed by atoms with Gasteiger partial charge in [0.25, 0.3) is 0 Å². The topological polar surface area (TPSA) is 12.5 Å². The van der Waals surface area contributed by atoms with Gasteiger partial charge in [0.2, 0.25) is 0 Å². The third-order valence-corrected chi connectivity index (χ3v) is 11.1. The molecule has 10 rings (SSSR count). The smallest absolute Gasteiger partial charge is 0.137 e. The van der Waals surface area contributed by atoms with Gasteiger partial charge in [0.05, 0.1) is 5.69 Å². The highest BCUT2D eigenvalue weighted by Crippen LogP contribution is 2.56. The Labute approximate surface area is 311 Å². The van der Waals surface area contributed by atoms with Crippen molar-refractivity contribution in [2.75, 3.05) is 4.90 Å². The molecule has 0 aromatic heterocycles. The normalized spacial score (nSPS) is 13.0. The van der Waals surface area contributed by atoms with Crippen LogP contribution in [0.3, 0.4) is 0 Å². The maximum atomic E-state index is 7.01. The molecule has 0 N–H and O–H groups in total. The Bertz CT molecular complexity index is 2660. The van der Waals surface area contributed by atoms with E-state index in [2.05, 4.69) is 207 Å². The van der Waals surface area contributed by atoms with Gasteiger partial charge in [0.1, 0.15) is 11.5 Å². The van der Waals surface area contributed by atoms with Gasteiger partial charge in [-0.25, -0.2) is 0 Å². The van der Waals surface area contributed by atoms with E-state index < -0.39 is 0 Å². The second-order valence-electron chi connectivity index (χ2n) is 14.5. The van der Waals surface area contributed by atoms with Crippen LogP contribution < -0.4 is 9.64 Å². The summed E-state index contributed by atoms with van der Waals surface area (Å²) in [6.07, 6.45) is 0. The van der Waals surface area contributed by atoms with E-state index >= 15 is 0 Å². The van der Waals surface area contributed by atoms with Crippen LogP contribution >= 0.6 is 0 Å². The molecule has 0 atom stereocenters. The lowest BCUT2D eigenvalue weighted by atomic mass is 9.82. The molecule has 2 aliphatic rings. The van der Waals surface area contributed by atoms with Crippen molar-refractivity contribution in [3.05, 3.63) is 199 Å². The molecule has 252 valence electrons. The molecule has 0 amide bonds. The van der Waals surface area contributed by atoms with Gasteiger partial charge in [-0.3, -0.25) is 0 Å². The van der Waals surface area contributed by atoms with Crippen LogP contribution in [0.15, 0.2) is 188 Å². The van der Waals surface area contributed by atoms with Crippen LogP contribution in [-0.2, 0) is 5.41 Å². The molecule has 1 aliphatic carbocycles. The molecule has 1 aliphatic heterocycles. The molecule has 0 unspecified atom stereocenters. The zero-order valence-electron chi connectivity index (χ0n) is 29.8. The molecule has 0 saturated carbocycles. The molecule has 0 radical (unpaired) electrons. The lowest BCUT2D eigenvalue weighted by Crippen LogP contribution is -2.17. The van der Waals surface area contributed by atoms with E-state index in [4.69, 9.17) is 4.74 Å². The third-order valence-electron chi connectivity index (χ3n) is 11.1. The highest BCUT2D eigenvalue weighted by atomic mass is 16.5. The molecular weight excluding hydrogens is 643 g/mol. The minimum atomic E-state index is -0.135. The van der Waals surface area contributed by atoms with Gasteiger partial charge in [-0.15, -0.1) is 0 Å². The lowest BCUT2D eigenvalue weighted by Gasteiger charge is -2.30. The van der Waals surface area contributed by atoms with Gasteiger partial charge in [-0.1, -0.05) is 159 Å². The monoisotopic (exact) mass is 679 g/mol. The molecule has 0 fully saturated rings. The summed E-state index contributed by atoms with van der Waals surface area (Å²) in [7, 11) is 0. The molecule has 53 heavy (non-hydrogen) atoms. The Hall–Kier alpha value is -6.64. The number of nitrogens with zero attached hydrogens (tertiary/aromatic N) is 1. The van der Waals surface area contributed by atoms with E-state index in [9.17, 15) is 0 Å². The second-order valence-corrected chi connectivity index (χ2v) is 14.5. The van der Waals surface area contributed by atoms with Gasteiger partial charge < -0.3 is 9.64 Å². The van der Waals surface area contributed by atoms with E-state index in [-0.39, 0.29) is 5.41 Å². The van der Waals surface area contributed by atoms with Crippen LogP contribution in [0.2, 0.25) is 0 Å². The third kappa shape index (κ3) is 5.02. The minimum absolute atomic E-state index is 0.135. The van der Waals surface area contributed by atoms with Gasteiger partial charge in [-0.2, -0.15) is 0 Å². The number of hydrogen-bond acceptors (Lipinski definition) is 2. The predicted molar refractivity (Wildman–Crippen MR) is 221 cm³/mol. The fourth-order valence-corrected chi connectivity index (χ4v) is 8.54. The second kappa shape index (κ2) is 12.3. The van der Waals surface area contributed by atoms with Crippen molar-refractivity contribution < 1.29 is 4.74 Å². The summed E-state index contributed by atoms with van der Waals surface area (Å²) >= 11 is 0. The maximum absolute atomic E-state index is 7.01. The van der Waals surface area contributed by atoms with E-state index in [0.717, 1.165) is 61.9 Å². The van der Waals surface area contributed by atoms with E-state index in [1.807, 2.05) is 0 Å². The Balaban J connectivity index is 1.20. The number of hydrogen-bond donors (Lipinski definition) is 0. The largest absolute Gasteiger partial charge is 0.456 e. The number of fused-ring (bicyclic) bond motifs is 8. The first-order chi connectivity index (χ1) is 26.1. The van der Waals surface area contributed by atoms with Crippen molar-refractivity contribution in [1.29, 1.82) is 0 Å².